The molecular weight excluding hydrogens is 254 g/mol. The van der Waals surface area contributed by atoms with Crippen LogP contribution in [-0.4, -0.2) is 70.0 Å². The maximum atomic E-state index is 11.6. The number of carbonyl (C=O) groups excluding carboxylic acids is 1. The van der Waals surface area contributed by atoms with Crippen molar-refractivity contribution in [1.82, 2.24) is 15.5 Å². The minimum absolute atomic E-state index is 0.0648. The third-order valence-electron chi connectivity index (χ3n) is 3.09. The third kappa shape index (κ3) is 5.79. The van der Waals surface area contributed by atoms with Gasteiger partial charge < -0.3 is 15.5 Å². The first kappa shape index (κ1) is 15.4. The van der Waals surface area contributed by atoms with Gasteiger partial charge in [-0.2, -0.15) is 0 Å². The fourth-order valence-corrected chi connectivity index (χ4v) is 3.28. The molecule has 0 spiro atoms. The van der Waals surface area contributed by atoms with Gasteiger partial charge in [-0.15, -0.1) is 0 Å². The molecule has 1 atom stereocenters. The molecule has 0 saturated carbocycles. The summed E-state index contributed by atoms with van der Waals surface area (Å²) in [6, 6.07) is -0.243. The summed E-state index contributed by atoms with van der Waals surface area (Å²) in [5.41, 5.74) is 0. The predicted octanol–water partition coefficient (Wildman–Crippen LogP) is -1.17. The van der Waals surface area contributed by atoms with E-state index in [1.807, 2.05) is 7.05 Å². The zero-order chi connectivity index (χ0) is 13.6. The van der Waals surface area contributed by atoms with E-state index in [4.69, 9.17) is 0 Å². The maximum Gasteiger partial charge on any atom is 0.221 e. The summed E-state index contributed by atoms with van der Waals surface area (Å²) in [6.45, 7) is 4.84. The van der Waals surface area contributed by atoms with E-state index >= 15 is 0 Å². The van der Waals surface area contributed by atoms with E-state index in [0.29, 0.717) is 13.1 Å². The van der Waals surface area contributed by atoms with Crippen LogP contribution in [0.15, 0.2) is 0 Å². The van der Waals surface area contributed by atoms with Crippen molar-refractivity contribution in [3.8, 4) is 0 Å². The van der Waals surface area contributed by atoms with Crippen LogP contribution in [0.3, 0.4) is 0 Å². The van der Waals surface area contributed by atoms with Crippen LogP contribution in [0, 0.1) is 0 Å². The summed E-state index contributed by atoms with van der Waals surface area (Å²) in [5.74, 6) is 0.149. The zero-order valence-corrected chi connectivity index (χ0v) is 11.9. The van der Waals surface area contributed by atoms with Crippen molar-refractivity contribution in [2.45, 2.75) is 19.4 Å². The molecule has 0 aromatic carbocycles. The Balaban J connectivity index is 2.24. The van der Waals surface area contributed by atoms with Crippen LogP contribution in [0.2, 0.25) is 0 Å². The molecule has 1 unspecified atom stereocenters. The van der Waals surface area contributed by atoms with Gasteiger partial charge in [-0.1, -0.05) is 6.92 Å². The van der Waals surface area contributed by atoms with Crippen LogP contribution in [0.25, 0.3) is 0 Å². The maximum absolute atomic E-state index is 11.6. The third-order valence-corrected chi connectivity index (χ3v) is 4.82. The Morgan fingerprint density at radius 3 is 2.83 bits per heavy atom. The molecule has 6 nitrogen and oxygen atoms in total. The largest absolute Gasteiger partial charge is 0.355 e. The van der Waals surface area contributed by atoms with Gasteiger partial charge in [0.1, 0.15) is 0 Å². The van der Waals surface area contributed by atoms with Crippen LogP contribution >= 0.6 is 0 Å². The number of nitrogens with one attached hydrogen (secondary N) is 2. The van der Waals surface area contributed by atoms with Gasteiger partial charge in [0, 0.05) is 32.1 Å². The molecule has 1 amide bonds. The summed E-state index contributed by atoms with van der Waals surface area (Å²) < 4.78 is 22.8. The van der Waals surface area contributed by atoms with Gasteiger partial charge in [0.15, 0.2) is 9.84 Å². The van der Waals surface area contributed by atoms with E-state index in [0.717, 1.165) is 13.1 Å². The first-order valence-electron chi connectivity index (χ1n) is 6.32. The highest BCUT2D eigenvalue weighted by atomic mass is 32.2. The molecule has 1 fully saturated rings. The van der Waals surface area contributed by atoms with Crippen molar-refractivity contribution in [3.05, 3.63) is 0 Å². The Labute approximate surface area is 109 Å². The van der Waals surface area contributed by atoms with Crippen molar-refractivity contribution in [3.63, 3.8) is 0 Å². The molecule has 1 aliphatic heterocycles. The molecule has 1 rings (SSSR count). The van der Waals surface area contributed by atoms with Gasteiger partial charge in [0.05, 0.1) is 11.5 Å². The van der Waals surface area contributed by atoms with Crippen LogP contribution in [0.1, 0.15) is 13.3 Å². The molecule has 106 valence electrons. The van der Waals surface area contributed by atoms with Gasteiger partial charge in [0.25, 0.3) is 0 Å². The molecule has 0 aliphatic carbocycles. The molecule has 2 N–H and O–H groups in total. The van der Waals surface area contributed by atoms with E-state index in [-0.39, 0.29) is 29.9 Å². The fraction of sp³-hybridized carbons (Fsp3) is 0.909. The Morgan fingerprint density at radius 1 is 1.50 bits per heavy atom. The first-order chi connectivity index (χ1) is 8.43. The molecule has 18 heavy (non-hydrogen) atoms. The Kier molecular flexibility index (Phi) is 6.04. The number of nitrogens with zero attached hydrogens (tertiary/aromatic N) is 1. The van der Waals surface area contributed by atoms with E-state index in [2.05, 4.69) is 22.5 Å². The summed E-state index contributed by atoms with van der Waals surface area (Å²) in [4.78, 5) is 13.7. The molecule has 1 aliphatic rings. The number of hydrogen-bond acceptors (Lipinski definition) is 5. The van der Waals surface area contributed by atoms with E-state index in [1.165, 1.54) is 0 Å². The van der Waals surface area contributed by atoms with Gasteiger partial charge in [-0.25, -0.2) is 8.42 Å². The lowest BCUT2D eigenvalue weighted by atomic mass is 10.2. The summed E-state index contributed by atoms with van der Waals surface area (Å²) in [7, 11) is -0.979. The average Bonchev–Trinajstić information content (AvgIpc) is 2.27. The number of rotatable bonds is 6. The Bertz CT molecular complexity index is 370. The van der Waals surface area contributed by atoms with Crippen molar-refractivity contribution in [2.24, 2.45) is 0 Å². The fourth-order valence-electron chi connectivity index (χ4n) is 1.84. The van der Waals surface area contributed by atoms with Crippen LogP contribution in [0.5, 0.6) is 0 Å². The number of likely N-dealkylation sites (N-methyl/N-ethyl adjacent to an activating group) is 1. The van der Waals surface area contributed by atoms with Gasteiger partial charge >= 0.3 is 0 Å². The van der Waals surface area contributed by atoms with Crippen LogP contribution in [-0.2, 0) is 14.6 Å². The van der Waals surface area contributed by atoms with Gasteiger partial charge in [-0.05, 0) is 13.6 Å². The van der Waals surface area contributed by atoms with Gasteiger partial charge in [-0.3, -0.25) is 4.79 Å². The molecule has 0 radical (unpaired) electrons. The second-order valence-corrected chi connectivity index (χ2v) is 6.94. The minimum Gasteiger partial charge on any atom is -0.355 e. The standard InChI is InChI=1S/C11H23N3O3S/c1-3-14(2)6-4-13-11(15)8-10-9-18(16,17)7-5-12-10/h10,12H,3-9H2,1-2H3,(H,13,15). The minimum atomic E-state index is -2.97. The number of carbonyl (C=O) groups is 1. The normalized spacial score (nSPS) is 22.9. The molecule has 1 heterocycles. The number of hydrogen-bond donors (Lipinski definition) is 2. The number of amides is 1. The monoisotopic (exact) mass is 277 g/mol. The van der Waals surface area contributed by atoms with Crippen molar-refractivity contribution in [1.29, 1.82) is 0 Å². The van der Waals surface area contributed by atoms with E-state index < -0.39 is 9.84 Å². The second-order valence-electron chi connectivity index (χ2n) is 4.72. The quantitative estimate of drug-likeness (QED) is 0.640. The summed E-state index contributed by atoms with van der Waals surface area (Å²) in [6.07, 6.45) is 0.231. The highest BCUT2D eigenvalue weighted by Gasteiger charge is 2.25. The first-order valence-corrected chi connectivity index (χ1v) is 8.14. The van der Waals surface area contributed by atoms with Crippen molar-refractivity contribution >= 4 is 15.7 Å². The molecule has 0 aromatic rings. The zero-order valence-electron chi connectivity index (χ0n) is 11.1. The molecular formula is C11H23N3O3S. The number of sulfone groups is 1. The molecule has 1 saturated heterocycles. The second kappa shape index (κ2) is 7.06. The van der Waals surface area contributed by atoms with E-state index in [9.17, 15) is 13.2 Å². The van der Waals surface area contributed by atoms with E-state index in [1.54, 1.807) is 0 Å². The lowest BCUT2D eigenvalue weighted by Gasteiger charge is -2.23. The van der Waals surface area contributed by atoms with Gasteiger partial charge in [0.2, 0.25) is 5.91 Å². The SMILES string of the molecule is CCN(C)CCNC(=O)CC1CS(=O)(=O)CCN1. The van der Waals surface area contributed by atoms with Crippen molar-refractivity contribution < 1.29 is 13.2 Å². The highest BCUT2D eigenvalue weighted by molar-refractivity contribution is 7.91. The van der Waals surface area contributed by atoms with Crippen LogP contribution in [0.4, 0.5) is 0 Å². The lowest BCUT2D eigenvalue weighted by molar-refractivity contribution is -0.121. The topological polar surface area (TPSA) is 78.5 Å². The lowest BCUT2D eigenvalue weighted by Crippen LogP contribution is -2.47. The van der Waals surface area contributed by atoms with Crippen molar-refractivity contribution in [2.75, 3.05) is 44.7 Å². The molecule has 7 heteroatoms. The smallest absolute Gasteiger partial charge is 0.221 e. The average molecular weight is 277 g/mol. The highest BCUT2D eigenvalue weighted by Crippen LogP contribution is 2.04. The van der Waals surface area contributed by atoms with Crippen LogP contribution < -0.4 is 10.6 Å². The predicted molar refractivity (Wildman–Crippen MR) is 71.2 cm³/mol. The summed E-state index contributed by atoms with van der Waals surface area (Å²) in [5, 5.41) is 5.87. The summed E-state index contributed by atoms with van der Waals surface area (Å²) >= 11 is 0. The Morgan fingerprint density at radius 2 is 2.22 bits per heavy atom. The Hall–Kier alpha value is -0.660. The molecule has 0 aromatic heterocycles. The molecule has 0 bridgehead atoms.